The molecule has 0 radical (unpaired) electrons. The number of benzene rings is 2. The maximum atomic E-state index is 12.3. The zero-order valence-corrected chi connectivity index (χ0v) is 19.1. The second-order valence-electron chi connectivity index (χ2n) is 8.19. The number of carboxylic acid groups (broad SMARTS) is 2. The number of nitrogens with zero attached hydrogens (tertiary/aromatic N) is 2. The molecule has 2 heterocycles. The van der Waals surface area contributed by atoms with Gasteiger partial charge in [0, 0.05) is 71.7 Å². The van der Waals surface area contributed by atoms with E-state index >= 15 is 0 Å². The summed E-state index contributed by atoms with van der Waals surface area (Å²) in [5, 5.41) is 22.9. The summed E-state index contributed by atoms with van der Waals surface area (Å²) in [6.45, 7) is 2.51. The summed E-state index contributed by atoms with van der Waals surface area (Å²) in [4.78, 5) is 42.1. The van der Waals surface area contributed by atoms with Crippen LogP contribution in [0.4, 0.5) is 11.4 Å². The lowest BCUT2D eigenvalue weighted by Gasteiger charge is -2.38. The zero-order valence-electron chi connectivity index (χ0n) is 18.3. The molecule has 3 aromatic rings. The first-order valence-corrected chi connectivity index (χ1v) is 11.3. The van der Waals surface area contributed by atoms with Crippen molar-refractivity contribution >= 4 is 51.7 Å². The van der Waals surface area contributed by atoms with Crippen molar-refractivity contribution in [2.45, 2.75) is 18.9 Å². The Morgan fingerprint density at radius 3 is 2.47 bits per heavy atom. The highest BCUT2D eigenvalue weighted by Crippen LogP contribution is 2.32. The maximum absolute atomic E-state index is 12.3. The minimum atomic E-state index is -1.03. The first kappa shape index (κ1) is 23.6. The number of carboxylic acids is 2. The van der Waals surface area contributed by atoms with Gasteiger partial charge >= 0.3 is 11.9 Å². The van der Waals surface area contributed by atoms with Crippen LogP contribution in [0, 0.1) is 0 Å². The summed E-state index contributed by atoms with van der Waals surface area (Å²) in [5.74, 6) is -2.36. The number of halogens is 1. The number of aromatic nitrogens is 1. The van der Waals surface area contributed by atoms with E-state index in [1.54, 1.807) is 24.4 Å². The van der Waals surface area contributed by atoms with Crippen LogP contribution in [0.1, 0.15) is 24.4 Å². The van der Waals surface area contributed by atoms with Gasteiger partial charge in [-0.25, -0.2) is 0 Å². The highest BCUT2D eigenvalue weighted by molar-refractivity contribution is 6.30. The van der Waals surface area contributed by atoms with Gasteiger partial charge in [0.25, 0.3) is 0 Å². The molecule has 1 aliphatic heterocycles. The van der Waals surface area contributed by atoms with Gasteiger partial charge < -0.3 is 25.4 Å². The number of H-pyrrole nitrogens is 1. The Morgan fingerprint density at radius 1 is 1.03 bits per heavy atom. The fraction of sp³-hybridized carbons (Fsp3) is 0.292. The molecule has 1 saturated heterocycles. The molecule has 0 spiro atoms. The Bertz CT molecular complexity index is 1220. The van der Waals surface area contributed by atoms with E-state index < -0.39 is 23.9 Å². The van der Waals surface area contributed by atoms with Crippen LogP contribution >= 0.6 is 11.6 Å². The molecule has 1 fully saturated rings. The van der Waals surface area contributed by atoms with Crippen LogP contribution in [0.5, 0.6) is 0 Å². The summed E-state index contributed by atoms with van der Waals surface area (Å²) in [7, 11) is 0. The number of carbonyl (C=O) groups is 3. The van der Waals surface area contributed by atoms with Gasteiger partial charge in [-0.2, -0.15) is 0 Å². The number of nitrogens with one attached hydrogen (secondary N) is 2. The molecule has 0 saturated carbocycles. The molecule has 0 bridgehead atoms. The van der Waals surface area contributed by atoms with Crippen LogP contribution < -0.4 is 10.2 Å². The van der Waals surface area contributed by atoms with E-state index in [0.717, 1.165) is 11.1 Å². The molecular formula is C24H25ClN4O5. The molecule has 1 atom stereocenters. The summed E-state index contributed by atoms with van der Waals surface area (Å²) >= 11 is 6.11. The van der Waals surface area contributed by atoms with Crippen molar-refractivity contribution in [2.75, 3.05) is 36.4 Å². The fourth-order valence-electron chi connectivity index (χ4n) is 4.29. The molecule has 178 valence electrons. The molecule has 9 nitrogen and oxygen atoms in total. The molecule has 1 amide bonds. The predicted octanol–water partition coefficient (Wildman–Crippen LogP) is 3.57. The zero-order chi connectivity index (χ0) is 24.2. The largest absolute Gasteiger partial charge is 0.481 e. The average Bonchev–Trinajstić information content (AvgIpc) is 3.21. The normalized spacial score (nSPS) is 15.3. The highest BCUT2D eigenvalue weighted by atomic mass is 35.5. The Kier molecular flexibility index (Phi) is 7.04. The molecule has 1 unspecified atom stereocenters. The second-order valence-corrected chi connectivity index (χ2v) is 8.63. The van der Waals surface area contributed by atoms with Crippen LogP contribution in [-0.4, -0.2) is 64.1 Å². The number of rotatable bonds is 8. The van der Waals surface area contributed by atoms with Crippen LogP contribution in [0.3, 0.4) is 0 Å². The van der Waals surface area contributed by atoms with Gasteiger partial charge in [0.15, 0.2) is 0 Å². The van der Waals surface area contributed by atoms with E-state index in [1.807, 2.05) is 29.2 Å². The molecular weight excluding hydrogens is 460 g/mol. The van der Waals surface area contributed by atoms with Crippen molar-refractivity contribution < 1.29 is 24.6 Å². The predicted molar refractivity (Wildman–Crippen MR) is 129 cm³/mol. The van der Waals surface area contributed by atoms with E-state index in [2.05, 4.69) is 15.2 Å². The van der Waals surface area contributed by atoms with Crippen LogP contribution in [0.25, 0.3) is 10.9 Å². The van der Waals surface area contributed by atoms with E-state index in [9.17, 15) is 19.5 Å². The molecule has 10 heteroatoms. The Hall–Kier alpha value is -3.56. The number of hydrogen-bond acceptors (Lipinski definition) is 5. The van der Waals surface area contributed by atoms with Crippen LogP contribution in [0.2, 0.25) is 5.02 Å². The van der Waals surface area contributed by atoms with Gasteiger partial charge in [-0.15, -0.1) is 0 Å². The van der Waals surface area contributed by atoms with Crippen molar-refractivity contribution in [2.24, 2.45) is 0 Å². The van der Waals surface area contributed by atoms with Gasteiger partial charge in [-0.3, -0.25) is 19.3 Å². The molecule has 1 aromatic heterocycles. The molecule has 34 heavy (non-hydrogen) atoms. The van der Waals surface area contributed by atoms with Crippen molar-refractivity contribution in [1.82, 2.24) is 9.88 Å². The van der Waals surface area contributed by atoms with Crippen molar-refractivity contribution in [3.05, 3.63) is 59.2 Å². The number of piperazine rings is 1. The van der Waals surface area contributed by atoms with Crippen molar-refractivity contribution in [1.29, 1.82) is 0 Å². The van der Waals surface area contributed by atoms with Crippen molar-refractivity contribution in [3.63, 3.8) is 0 Å². The molecule has 4 N–H and O–H groups in total. The first-order valence-electron chi connectivity index (χ1n) is 10.9. The number of anilines is 2. The number of aromatic amines is 1. The van der Waals surface area contributed by atoms with Gasteiger partial charge in [-0.1, -0.05) is 23.7 Å². The average molecular weight is 485 g/mol. The van der Waals surface area contributed by atoms with Crippen LogP contribution in [0.15, 0.2) is 48.7 Å². The third kappa shape index (κ3) is 5.32. The monoisotopic (exact) mass is 484 g/mol. The summed E-state index contributed by atoms with van der Waals surface area (Å²) in [6, 6.07) is 12.0. The smallest absolute Gasteiger partial charge is 0.325 e. The van der Waals surface area contributed by atoms with Crippen LogP contribution in [-0.2, 0) is 14.4 Å². The summed E-state index contributed by atoms with van der Waals surface area (Å²) < 4.78 is 0. The quantitative estimate of drug-likeness (QED) is 0.385. The van der Waals surface area contributed by atoms with Gasteiger partial charge in [0.1, 0.15) is 6.04 Å². The molecule has 4 rings (SSSR count). The Balaban J connectivity index is 1.48. The van der Waals surface area contributed by atoms with E-state index in [1.165, 1.54) is 0 Å². The minimum Gasteiger partial charge on any atom is -0.481 e. The number of aliphatic carboxylic acids is 2. The lowest BCUT2D eigenvalue weighted by molar-refractivity contribution is -0.143. The lowest BCUT2D eigenvalue weighted by atomic mass is 10.0. The number of amides is 1. The fourth-order valence-corrected chi connectivity index (χ4v) is 4.48. The minimum absolute atomic E-state index is 0.119. The number of carbonyl (C=O) groups excluding carboxylic acids is 1. The molecule has 2 aromatic carbocycles. The van der Waals surface area contributed by atoms with E-state index in [4.69, 9.17) is 16.7 Å². The van der Waals surface area contributed by atoms with Gasteiger partial charge in [-0.05, 0) is 30.3 Å². The van der Waals surface area contributed by atoms with Gasteiger partial charge in [0.2, 0.25) is 5.91 Å². The van der Waals surface area contributed by atoms with E-state index in [-0.39, 0.29) is 12.8 Å². The van der Waals surface area contributed by atoms with Crippen molar-refractivity contribution in [3.8, 4) is 0 Å². The number of hydrogen-bond donors (Lipinski definition) is 4. The van der Waals surface area contributed by atoms with E-state index in [0.29, 0.717) is 48.0 Å². The first-order chi connectivity index (χ1) is 16.3. The third-order valence-electron chi connectivity index (χ3n) is 5.94. The number of fused-ring (bicyclic) bond motifs is 1. The highest BCUT2D eigenvalue weighted by Gasteiger charge is 2.32. The Labute approximate surface area is 200 Å². The van der Waals surface area contributed by atoms with Gasteiger partial charge in [0.05, 0.1) is 6.42 Å². The molecule has 1 aliphatic rings. The lowest BCUT2D eigenvalue weighted by Crippen LogP contribution is -2.49. The topological polar surface area (TPSA) is 126 Å². The SMILES string of the molecule is O=C(O)CCC(=O)Nc1ccc2c(C(C(=O)O)N3CCN(c4cccc(Cl)c4)CC3)c[nH]c2c1. The maximum Gasteiger partial charge on any atom is 0.325 e. The molecule has 0 aliphatic carbocycles. The summed E-state index contributed by atoms with van der Waals surface area (Å²) in [6.07, 6.45) is 1.33. The Morgan fingerprint density at radius 2 is 1.79 bits per heavy atom. The third-order valence-corrected chi connectivity index (χ3v) is 6.18. The standard InChI is InChI=1S/C24H25ClN4O5/c25-15-2-1-3-17(12-15)28-8-10-29(11-9-28)23(24(33)34)19-14-26-20-13-16(4-5-18(19)20)27-21(30)6-7-22(31)32/h1-5,12-14,23,26H,6-11H2,(H,27,30)(H,31,32)(H,33,34). The second kappa shape index (κ2) is 10.1. The summed E-state index contributed by atoms with van der Waals surface area (Å²) in [5.41, 5.74) is 2.87.